The van der Waals surface area contributed by atoms with Crippen LogP contribution in [0.15, 0.2) is 23.0 Å². The Bertz CT molecular complexity index is 633. The van der Waals surface area contributed by atoms with Gasteiger partial charge < -0.3 is 9.32 Å². The lowest BCUT2D eigenvalue weighted by atomic mass is 9.94. The fourth-order valence-corrected chi connectivity index (χ4v) is 5.38. The van der Waals surface area contributed by atoms with Crippen molar-refractivity contribution in [1.82, 2.24) is 9.80 Å². The Kier molecular flexibility index (Phi) is 4.77. The molecular formula is C16H24N2O4S. The Morgan fingerprint density at radius 2 is 2.09 bits per heavy atom. The second-order valence-electron chi connectivity index (χ2n) is 6.69. The molecule has 2 aliphatic rings. The second-order valence-corrected chi connectivity index (χ2v) is 8.92. The first-order valence-corrected chi connectivity index (χ1v) is 9.97. The maximum atomic E-state index is 12.5. The molecule has 0 N–H and O–H groups in total. The maximum absolute atomic E-state index is 12.5. The van der Waals surface area contributed by atoms with E-state index in [1.54, 1.807) is 17.4 Å². The zero-order valence-corrected chi connectivity index (χ0v) is 14.3. The van der Waals surface area contributed by atoms with E-state index in [4.69, 9.17) is 4.42 Å². The fraction of sp³-hybridized carbons (Fsp3) is 0.688. The molecule has 2 fully saturated rings. The van der Waals surface area contributed by atoms with Crippen molar-refractivity contribution in [2.75, 3.05) is 31.6 Å². The number of carbonyl (C=O) groups is 1. The summed E-state index contributed by atoms with van der Waals surface area (Å²) in [5.41, 5.74) is 0.995. The van der Waals surface area contributed by atoms with Crippen LogP contribution in [0.1, 0.15) is 24.8 Å². The van der Waals surface area contributed by atoms with Crippen LogP contribution in [0.25, 0.3) is 0 Å². The summed E-state index contributed by atoms with van der Waals surface area (Å²) in [6.45, 7) is 2.20. The largest absolute Gasteiger partial charge is 0.472 e. The molecule has 0 aromatic carbocycles. The molecule has 0 saturated carbocycles. The number of nitrogens with zero attached hydrogens (tertiary/aromatic N) is 2. The molecule has 2 saturated heterocycles. The van der Waals surface area contributed by atoms with E-state index in [0.29, 0.717) is 12.3 Å². The number of hydrogen-bond acceptors (Lipinski definition) is 5. The number of carbonyl (C=O) groups excluding carboxylic acids is 1. The first kappa shape index (κ1) is 16.5. The predicted molar refractivity (Wildman–Crippen MR) is 86.5 cm³/mol. The van der Waals surface area contributed by atoms with Gasteiger partial charge in [-0.1, -0.05) is 0 Å². The summed E-state index contributed by atoms with van der Waals surface area (Å²) in [6.07, 6.45) is 5.63. The summed E-state index contributed by atoms with van der Waals surface area (Å²) in [5.74, 6) is 0.807. The van der Waals surface area contributed by atoms with E-state index in [1.807, 2.05) is 13.1 Å². The van der Waals surface area contributed by atoms with Crippen molar-refractivity contribution in [3.8, 4) is 0 Å². The van der Waals surface area contributed by atoms with Crippen molar-refractivity contribution in [3.05, 3.63) is 24.2 Å². The molecule has 7 heteroatoms. The van der Waals surface area contributed by atoms with Crippen LogP contribution in [0.2, 0.25) is 0 Å². The van der Waals surface area contributed by atoms with Crippen molar-refractivity contribution in [2.45, 2.75) is 31.8 Å². The summed E-state index contributed by atoms with van der Waals surface area (Å²) in [6, 6.07) is 2.02. The number of amides is 1. The molecule has 0 radical (unpaired) electrons. The monoisotopic (exact) mass is 340 g/mol. The second kappa shape index (κ2) is 6.65. The molecular weight excluding hydrogens is 316 g/mol. The van der Waals surface area contributed by atoms with Crippen molar-refractivity contribution in [1.29, 1.82) is 0 Å². The maximum Gasteiger partial charge on any atom is 0.225 e. The molecule has 2 aliphatic heterocycles. The third kappa shape index (κ3) is 3.95. The molecule has 128 valence electrons. The van der Waals surface area contributed by atoms with E-state index < -0.39 is 9.84 Å². The summed E-state index contributed by atoms with van der Waals surface area (Å²) < 4.78 is 28.2. The number of hydrogen-bond donors (Lipinski definition) is 0. The highest BCUT2D eigenvalue weighted by Gasteiger charge is 2.35. The van der Waals surface area contributed by atoms with Crippen molar-refractivity contribution < 1.29 is 17.6 Å². The molecule has 3 rings (SSSR count). The predicted octanol–water partition coefficient (Wildman–Crippen LogP) is 1.14. The minimum absolute atomic E-state index is 0.0427. The first-order valence-electron chi connectivity index (χ1n) is 8.15. The van der Waals surface area contributed by atoms with Crippen LogP contribution in [0.3, 0.4) is 0 Å². The van der Waals surface area contributed by atoms with Crippen LogP contribution in [0.5, 0.6) is 0 Å². The van der Waals surface area contributed by atoms with Gasteiger partial charge in [0.05, 0.1) is 24.0 Å². The van der Waals surface area contributed by atoms with Crippen LogP contribution in [0.4, 0.5) is 0 Å². The Morgan fingerprint density at radius 1 is 1.35 bits per heavy atom. The molecule has 6 nitrogen and oxygen atoms in total. The van der Waals surface area contributed by atoms with E-state index in [-0.39, 0.29) is 23.6 Å². The van der Waals surface area contributed by atoms with Crippen LogP contribution in [-0.2, 0) is 21.2 Å². The molecule has 0 bridgehead atoms. The van der Waals surface area contributed by atoms with E-state index >= 15 is 0 Å². The van der Waals surface area contributed by atoms with Crippen LogP contribution in [-0.4, -0.2) is 61.8 Å². The molecule has 23 heavy (non-hydrogen) atoms. The number of rotatable bonds is 4. The van der Waals surface area contributed by atoms with E-state index in [0.717, 1.165) is 37.9 Å². The van der Waals surface area contributed by atoms with E-state index in [9.17, 15) is 13.2 Å². The van der Waals surface area contributed by atoms with Gasteiger partial charge in [-0.25, -0.2) is 8.42 Å². The van der Waals surface area contributed by atoms with E-state index in [2.05, 4.69) is 4.90 Å². The van der Waals surface area contributed by atoms with E-state index in [1.165, 1.54) is 0 Å². The van der Waals surface area contributed by atoms with Gasteiger partial charge in [0, 0.05) is 31.1 Å². The summed E-state index contributed by atoms with van der Waals surface area (Å²) in [5, 5.41) is 0. The molecule has 0 aliphatic carbocycles. The fourth-order valence-electron chi connectivity index (χ4n) is 3.62. The van der Waals surface area contributed by atoms with Crippen LogP contribution in [0, 0.1) is 5.92 Å². The third-order valence-corrected chi connectivity index (χ3v) is 6.73. The standard InChI is InChI=1S/C16H24N2O4S/c1-17(10-13-4-8-22-11-13)16(19)14-2-6-18(7-3-14)15-5-9-23(20,21)12-15/h4,8,11,14-15H,2-3,5-7,9-10,12H2,1H3/t15-/m1/s1. The Balaban J connectivity index is 1.49. The average molecular weight is 340 g/mol. The van der Waals surface area contributed by atoms with Gasteiger partial charge in [-0.2, -0.15) is 0 Å². The molecule has 1 atom stereocenters. The Hall–Kier alpha value is -1.34. The zero-order chi connectivity index (χ0) is 16.4. The number of sulfone groups is 1. The number of furan rings is 1. The van der Waals surface area contributed by atoms with Gasteiger partial charge in [0.15, 0.2) is 9.84 Å². The van der Waals surface area contributed by atoms with Crippen molar-refractivity contribution >= 4 is 15.7 Å². The normalized spacial score (nSPS) is 25.5. The molecule has 0 spiro atoms. The van der Waals surface area contributed by atoms with Gasteiger partial charge in [-0.05, 0) is 38.4 Å². The van der Waals surface area contributed by atoms with Gasteiger partial charge in [0.25, 0.3) is 0 Å². The first-order chi connectivity index (χ1) is 10.9. The third-order valence-electron chi connectivity index (χ3n) is 4.98. The summed E-state index contributed by atoms with van der Waals surface area (Å²) >= 11 is 0. The smallest absolute Gasteiger partial charge is 0.225 e. The SMILES string of the molecule is CN(Cc1ccoc1)C(=O)C1CCN([C@@H]2CCS(=O)(=O)C2)CC1. The Labute approximate surface area is 137 Å². The topological polar surface area (TPSA) is 70.8 Å². The molecule has 0 unspecified atom stereocenters. The molecule has 1 aromatic rings. The minimum atomic E-state index is -2.84. The highest BCUT2D eigenvalue weighted by atomic mass is 32.2. The average Bonchev–Trinajstić information content (AvgIpc) is 3.16. The number of likely N-dealkylation sites (tertiary alicyclic amines) is 1. The summed E-state index contributed by atoms with van der Waals surface area (Å²) in [7, 11) is -1.02. The lowest BCUT2D eigenvalue weighted by Gasteiger charge is -2.36. The van der Waals surface area contributed by atoms with Gasteiger partial charge in [0.2, 0.25) is 5.91 Å². The minimum Gasteiger partial charge on any atom is -0.472 e. The van der Waals surface area contributed by atoms with Gasteiger partial charge in [-0.15, -0.1) is 0 Å². The lowest BCUT2D eigenvalue weighted by Crippen LogP contribution is -2.45. The highest BCUT2D eigenvalue weighted by molar-refractivity contribution is 7.91. The summed E-state index contributed by atoms with van der Waals surface area (Å²) in [4.78, 5) is 16.5. The molecule has 1 amide bonds. The van der Waals surface area contributed by atoms with Gasteiger partial charge in [0.1, 0.15) is 0 Å². The van der Waals surface area contributed by atoms with Crippen LogP contribution >= 0.6 is 0 Å². The molecule has 3 heterocycles. The molecule has 1 aromatic heterocycles. The van der Waals surface area contributed by atoms with Gasteiger partial charge in [-0.3, -0.25) is 9.69 Å². The zero-order valence-electron chi connectivity index (χ0n) is 13.5. The number of piperidine rings is 1. The quantitative estimate of drug-likeness (QED) is 0.822. The Morgan fingerprint density at radius 3 is 2.65 bits per heavy atom. The highest BCUT2D eigenvalue weighted by Crippen LogP contribution is 2.25. The van der Waals surface area contributed by atoms with Crippen LogP contribution < -0.4 is 0 Å². The lowest BCUT2D eigenvalue weighted by molar-refractivity contribution is -0.136. The van der Waals surface area contributed by atoms with Gasteiger partial charge >= 0.3 is 0 Å². The van der Waals surface area contributed by atoms with Crippen molar-refractivity contribution in [2.24, 2.45) is 5.92 Å². The van der Waals surface area contributed by atoms with Crippen molar-refractivity contribution in [3.63, 3.8) is 0 Å².